The molecule has 0 aliphatic heterocycles. The van der Waals surface area contributed by atoms with Gasteiger partial charge in [0, 0.05) is 41.4 Å². The van der Waals surface area contributed by atoms with E-state index in [9.17, 15) is 20.1 Å². The number of hydrogen-bond donors (Lipinski definition) is 3. The van der Waals surface area contributed by atoms with E-state index in [0.29, 0.717) is 35.7 Å². The molecule has 0 spiro atoms. The van der Waals surface area contributed by atoms with E-state index in [1.165, 1.54) is 44.9 Å². The van der Waals surface area contributed by atoms with E-state index in [-0.39, 0.29) is 36.0 Å². The number of benzene rings is 4. The summed E-state index contributed by atoms with van der Waals surface area (Å²) in [6.07, 6.45) is 6.08. The molecule has 2 aliphatic carbocycles. The molecule has 0 saturated heterocycles. The molecule has 0 saturated carbocycles. The second-order valence-corrected chi connectivity index (χ2v) is 18.5. The van der Waals surface area contributed by atoms with Gasteiger partial charge in [0.05, 0.1) is 36.4 Å². The molecule has 6 aromatic rings. The fourth-order valence-electron chi connectivity index (χ4n) is 8.20. The third-order valence-corrected chi connectivity index (χ3v) is 13.1. The molecule has 0 bridgehead atoms. The summed E-state index contributed by atoms with van der Waals surface area (Å²) < 4.78 is 11.5. The predicted octanol–water partition coefficient (Wildman–Crippen LogP) is 9.33. The van der Waals surface area contributed by atoms with Crippen LogP contribution in [-0.4, -0.2) is 64.4 Å². The molecule has 4 aromatic carbocycles. The molecule has 13 nitrogen and oxygen atoms in total. The topological polar surface area (TPSA) is 188 Å². The lowest BCUT2D eigenvalue weighted by Gasteiger charge is -2.27. The van der Waals surface area contributed by atoms with Crippen molar-refractivity contribution < 1.29 is 19.1 Å². The summed E-state index contributed by atoms with van der Waals surface area (Å²) in [5.41, 5.74) is 9.87. The summed E-state index contributed by atoms with van der Waals surface area (Å²) >= 11 is 3.04. The van der Waals surface area contributed by atoms with E-state index in [4.69, 9.17) is 9.47 Å². The zero-order valence-corrected chi connectivity index (χ0v) is 39.2. The number of ketones is 1. The van der Waals surface area contributed by atoms with Gasteiger partial charge in [0.15, 0.2) is 0 Å². The smallest absolute Gasteiger partial charge is 0.233 e. The SMILES string of the molecule is CC(=O)CN[C@H]1CCCc2c(-c3nnc(-c4ccc(OC(C)C)c(C#N)c4)s3)cccc21.CNC(=O)CN[C@@H]1CCCc2c(-c3nnc(-c4ccc(OC(C)C)c(C#N)c4)s3)cccc21. The first-order valence-corrected chi connectivity index (χ1v) is 23.6. The van der Waals surface area contributed by atoms with Gasteiger partial charge in [0.1, 0.15) is 49.5 Å². The van der Waals surface area contributed by atoms with Crippen LogP contribution < -0.4 is 25.4 Å². The maximum absolute atomic E-state index is 11.7. The average Bonchev–Trinajstić information content (AvgIpc) is 4.01. The minimum atomic E-state index is -0.0198. The predicted molar refractivity (Wildman–Crippen MR) is 255 cm³/mol. The average molecular weight is 908 g/mol. The van der Waals surface area contributed by atoms with Crippen molar-refractivity contribution in [3.63, 3.8) is 0 Å². The number of fused-ring (bicyclic) bond motifs is 2. The van der Waals surface area contributed by atoms with Gasteiger partial charge in [-0.05, 0) is 132 Å². The normalized spacial score (nSPS) is 15.2. The van der Waals surface area contributed by atoms with Gasteiger partial charge in [-0.15, -0.1) is 20.4 Å². The highest BCUT2D eigenvalue weighted by Gasteiger charge is 2.26. The van der Waals surface area contributed by atoms with Gasteiger partial charge in [-0.1, -0.05) is 59.1 Å². The summed E-state index contributed by atoms with van der Waals surface area (Å²) in [4.78, 5) is 23.1. The van der Waals surface area contributed by atoms with Gasteiger partial charge < -0.3 is 25.4 Å². The number of nitriles is 2. The zero-order valence-electron chi connectivity index (χ0n) is 37.5. The summed E-state index contributed by atoms with van der Waals surface area (Å²) in [7, 11) is 1.65. The molecule has 2 atom stereocenters. The van der Waals surface area contributed by atoms with Crippen molar-refractivity contribution in [2.45, 2.75) is 97.4 Å². The van der Waals surface area contributed by atoms with E-state index in [2.05, 4.69) is 78.8 Å². The lowest BCUT2D eigenvalue weighted by molar-refractivity contribution is -0.120. The lowest BCUT2D eigenvalue weighted by Crippen LogP contribution is -2.35. The largest absolute Gasteiger partial charge is 0.490 e. The van der Waals surface area contributed by atoms with E-state index in [1.807, 2.05) is 64.1 Å². The summed E-state index contributed by atoms with van der Waals surface area (Å²) in [5, 5.41) is 49.6. The van der Waals surface area contributed by atoms with Gasteiger partial charge in [0.25, 0.3) is 0 Å². The molecule has 0 fully saturated rings. The Labute approximate surface area is 388 Å². The Hall–Kier alpha value is -6.36. The molecule has 1 amide bonds. The van der Waals surface area contributed by atoms with Crippen LogP contribution in [-0.2, 0) is 22.4 Å². The van der Waals surface area contributed by atoms with Crippen LogP contribution in [0.3, 0.4) is 0 Å². The van der Waals surface area contributed by atoms with Gasteiger partial charge in [-0.2, -0.15) is 10.5 Å². The van der Waals surface area contributed by atoms with Crippen LogP contribution in [0.4, 0.5) is 0 Å². The van der Waals surface area contributed by atoms with E-state index in [1.54, 1.807) is 20.0 Å². The second-order valence-electron chi connectivity index (χ2n) is 16.6. The fraction of sp³-hybridized carbons (Fsp3) is 0.360. The molecule has 8 rings (SSSR count). The maximum Gasteiger partial charge on any atom is 0.233 e. The molecule has 3 N–H and O–H groups in total. The Bertz CT molecular complexity index is 2750. The van der Waals surface area contributed by atoms with Crippen LogP contribution in [0.25, 0.3) is 42.3 Å². The zero-order chi connectivity index (χ0) is 46.0. The van der Waals surface area contributed by atoms with Crippen molar-refractivity contribution in [1.29, 1.82) is 10.5 Å². The molecule has 15 heteroatoms. The van der Waals surface area contributed by atoms with Gasteiger partial charge in [-0.25, -0.2) is 0 Å². The Morgan fingerprint density at radius 2 is 1.12 bits per heavy atom. The Morgan fingerprint density at radius 1 is 0.677 bits per heavy atom. The third kappa shape index (κ3) is 11.3. The number of nitrogens with zero attached hydrogens (tertiary/aromatic N) is 6. The van der Waals surface area contributed by atoms with Crippen LogP contribution in [0.1, 0.15) is 106 Å². The molecule has 2 aromatic heterocycles. The van der Waals surface area contributed by atoms with Crippen molar-refractivity contribution in [1.82, 2.24) is 36.3 Å². The number of nitrogens with one attached hydrogen (secondary N) is 3. The maximum atomic E-state index is 11.7. The van der Waals surface area contributed by atoms with Crippen LogP contribution in [0.5, 0.6) is 11.5 Å². The number of amides is 1. The number of Topliss-reactive ketones (excluding diaryl/α,β-unsaturated/α-hetero) is 1. The summed E-state index contributed by atoms with van der Waals surface area (Å²) in [6.45, 7) is 10.0. The number of ether oxygens (including phenoxy) is 2. The number of carbonyl (C=O) groups excluding carboxylic acids is 2. The quantitative estimate of drug-likeness (QED) is 0.0941. The van der Waals surface area contributed by atoms with Crippen LogP contribution >= 0.6 is 22.7 Å². The Kier molecular flexibility index (Phi) is 15.5. The minimum Gasteiger partial charge on any atom is -0.490 e. The van der Waals surface area contributed by atoms with Crippen LogP contribution in [0.2, 0.25) is 0 Å². The Morgan fingerprint density at radius 3 is 1.54 bits per heavy atom. The summed E-state index contributed by atoms with van der Waals surface area (Å²) in [5.74, 6) is 1.28. The van der Waals surface area contributed by atoms with Crippen molar-refractivity contribution in [2.24, 2.45) is 0 Å². The molecule has 334 valence electrons. The molecular formula is C50H53N9O4S2. The van der Waals surface area contributed by atoms with Crippen LogP contribution in [0, 0.1) is 22.7 Å². The molecule has 65 heavy (non-hydrogen) atoms. The number of rotatable bonds is 14. The monoisotopic (exact) mass is 907 g/mol. The van der Waals surface area contributed by atoms with E-state index in [0.717, 1.165) is 80.8 Å². The number of aromatic nitrogens is 4. The third-order valence-electron chi connectivity index (χ3n) is 11.1. The highest BCUT2D eigenvalue weighted by molar-refractivity contribution is 7.18. The highest BCUT2D eigenvalue weighted by Crippen LogP contribution is 2.41. The highest BCUT2D eigenvalue weighted by atomic mass is 32.1. The second kappa shape index (κ2) is 21.5. The number of carbonyl (C=O) groups is 2. The van der Waals surface area contributed by atoms with Crippen molar-refractivity contribution in [2.75, 3.05) is 20.1 Å². The van der Waals surface area contributed by atoms with Crippen LogP contribution in [0.15, 0.2) is 72.8 Å². The first kappa shape index (κ1) is 46.6. The molecule has 0 radical (unpaired) electrons. The fourth-order valence-corrected chi connectivity index (χ4v) is 9.99. The molecule has 0 unspecified atom stereocenters. The molecule has 2 heterocycles. The van der Waals surface area contributed by atoms with E-state index < -0.39 is 0 Å². The summed E-state index contributed by atoms with van der Waals surface area (Å²) in [6, 6.07) is 28.4. The lowest BCUT2D eigenvalue weighted by atomic mass is 9.85. The Balaban J connectivity index is 0.000000194. The van der Waals surface area contributed by atoms with Crippen molar-refractivity contribution in [3.05, 3.63) is 106 Å². The first-order valence-electron chi connectivity index (χ1n) is 22.0. The van der Waals surface area contributed by atoms with Crippen molar-refractivity contribution in [3.8, 4) is 65.9 Å². The first-order chi connectivity index (χ1) is 31.5. The van der Waals surface area contributed by atoms with E-state index >= 15 is 0 Å². The standard InChI is InChI=1S/C25H27N5O2S.C25H26N4O2S/c1-15(2)32-22-11-10-16(12-17(22)13-26)24-29-30-25(33-24)20-8-4-7-19-18(20)6-5-9-21(19)28-14-23(31)27-3;1-15(2)31-23-11-10-17(12-18(23)13-26)24-28-29-25(32-24)21-8-4-7-20-19(21)6-5-9-22(20)27-14-16(3)30/h4,7-8,10-12,15,21,28H,5-6,9,14H2,1-3H3,(H,27,31);4,7-8,10-12,15,22,27H,5-6,9,14H2,1-3H3/t21-;22-/m10/s1. The number of likely N-dealkylation sites (N-methyl/N-ethyl adjacent to an activating group) is 1. The van der Waals surface area contributed by atoms with Gasteiger partial charge in [-0.3, -0.25) is 9.59 Å². The molecular weight excluding hydrogens is 855 g/mol. The minimum absolute atomic E-state index is 0.000832. The van der Waals surface area contributed by atoms with Gasteiger partial charge >= 0.3 is 0 Å². The van der Waals surface area contributed by atoms with Crippen molar-refractivity contribution >= 4 is 34.4 Å². The van der Waals surface area contributed by atoms with Gasteiger partial charge in [0.2, 0.25) is 5.91 Å². The molecule has 2 aliphatic rings. The number of hydrogen-bond acceptors (Lipinski definition) is 14.